The molecule has 0 unspecified atom stereocenters. The van der Waals surface area contributed by atoms with Crippen LogP contribution in [0.5, 0.6) is 0 Å². The van der Waals surface area contributed by atoms with E-state index in [1.807, 2.05) is 24.3 Å². The first-order chi connectivity index (χ1) is 12.9. The Hall–Kier alpha value is -2.30. The van der Waals surface area contributed by atoms with Gasteiger partial charge in [-0.15, -0.1) is 0 Å². The van der Waals surface area contributed by atoms with Gasteiger partial charge in [-0.25, -0.2) is 0 Å². The molecule has 1 aliphatic heterocycles. The van der Waals surface area contributed by atoms with Crippen molar-refractivity contribution in [3.05, 3.63) is 50.1 Å². The molecule has 144 valence electrons. The first-order valence-corrected chi connectivity index (χ1v) is 9.29. The van der Waals surface area contributed by atoms with Gasteiger partial charge in [0.25, 0.3) is 0 Å². The number of nitrogens with one attached hydrogen (secondary N) is 1. The quantitative estimate of drug-likeness (QED) is 0.549. The van der Waals surface area contributed by atoms with Crippen molar-refractivity contribution in [1.82, 2.24) is 14.7 Å². The fraction of sp³-hybridized carbons (Fsp3) is 0.412. The van der Waals surface area contributed by atoms with Gasteiger partial charge in [0.15, 0.2) is 0 Å². The van der Waals surface area contributed by atoms with Crippen molar-refractivity contribution in [1.29, 1.82) is 0 Å². The van der Waals surface area contributed by atoms with Gasteiger partial charge in [-0.05, 0) is 45.5 Å². The van der Waals surface area contributed by atoms with E-state index < -0.39 is 4.92 Å². The van der Waals surface area contributed by atoms with Gasteiger partial charge in [-0.1, -0.05) is 12.1 Å². The Kier molecular flexibility index (Phi) is 6.19. The molecule has 0 saturated carbocycles. The van der Waals surface area contributed by atoms with E-state index in [0.29, 0.717) is 11.4 Å². The summed E-state index contributed by atoms with van der Waals surface area (Å²) < 4.78 is 6.95. The zero-order chi connectivity index (χ0) is 19.4. The third kappa shape index (κ3) is 4.90. The molecule has 1 N–H and O–H groups in total. The summed E-state index contributed by atoms with van der Waals surface area (Å²) in [5.74, 6) is -0.598. The highest BCUT2D eigenvalue weighted by atomic mass is 79.9. The molecule has 0 bridgehead atoms. The molecule has 0 aliphatic carbocycles. The lowest BCUT2D eigenvalue weighted by molar-refractivity contribution is -0.390. The summed E-state index contributed by atoms with van der Waals surface area (Å²) in [6, 6.07) is 7.66. The number of nitro groups is 1. The van der Waals surface area contributed by atoms with E-state index in [1.54, 1.807) is 6.92 Å². The van der Waals surface area contributed by atoms with Gasteiger partial charge in [0.05, 0.1) is 24.0 Å². The number of nitrogens with zero attached hydrogens (tertiary/aromatic N) is 4. The predicted molar refractivity (Wildman–Crippen MR) is 102 cm³/mol. The van der Waals surface area contributed by atoms with Crippen LogP contribution in [-0.4, -0.2) is 51.8 Å². The van der Waals surface area contributed by atoms with Gasteiger partial charge in [0.1, 0.15) is 11.0 Å². The summed E-state index contributed by atoms with van der Waals surface area (Å²) in [6.45, 7) is 5.62. The van der Waals surface area contributed by atoms with Crippen LogP contribution in [0.4, 0.5) is 11.5 Å². The molecule has 0 spiro atoms. The molecule has 9 nitrogen and oxygen atoms in total. The van der Waals surface area contributed by atoms with Crippen molar-refractivity contribution in [2.24, 2.45) is 0 Å². The molecule has 1 saturated heterocycles. The van der Waals surface area contributed by atoms with Gasteiger partial charge in [-0.2, -0.15) is 4.68 Å². The topological polar surface area (TPSA) is 103 Å². The third-order valence-electron chi connectivity index (χ3n) is 4.30. The average Bonchev–Trinajstić information content (AvgIpc) is 2.91. The molecule has 1 aromatic heterocycles. The lowest BCUT2D eigenvalue weighted by Crippen LogP contribution is -2.35. The van der Waals surface area contributed by atoms with Crippen LogP contribution in [-0.2, 0) is 22.6 Å². The number of morpholine rings is 1. The van der Waals surface area contributed by atoms with E-state index in [1.165, 1.54) is 4.68 Å². The molecular weight excluding hydrogens is 418 g/mol. The Labute approximate surface area is 164 Å². The lowest BCUT2D eigenvalue weighted by atomic mass is 10.2. The number of amides is 1. The molecule has 10 heteroatoms. The van der Waals surface area contributed by atoms with E-state index >= 15 is 0 Å². The molecule has 27 heavy (non-hydrogen) atoms. The van der Waals surface area contributed by atoms with Gasteiger partial charge < -0.3 is 20.2 Å². The number of carbonyl (C=O) groups is 1. The number of carbonyl (C=O) groups excluding carboxylic acids is 1. The SMILES string of the molecule is Cc1c(Br)c([N+](=O)[O-])nn1CC(=O)Nc1cccc(CN2CCOCC2)c1. The normalized spacial score (nSPS) is 14.9. The fourth-order valence-electron chi connectivity index (χ4n) is 2.88. The minimum absolute atomic E-state index is 0.105. The van der Waals surface area contributed by atoms with Gasteiger partial charge in [0.2, 0.25) is 5.91 Å². The van der Waals surface area contributed by atoms with Crippen LogP contribution >= 0.6 is 15.9 Å². The third-order valence-corrected chi connectivity index (χ3v) is 5.23. The number of rotatable bonds is 6. The van der Waals surface area contributed by atoms with Crippen molar-refractivity contribution in [3.63, 3.8) is 0 Å². The van der Waals surface area contributed by atoms with Crippen LogP contribution < -0.4 is 5.32 Å². The highest BCUT2D eigenvalue weighted by Crippen LogP contribution is 2.26. The minimum Gasteiger partial charge on any atom is -0.379 e. The molecule has 2 heterocycles. The Balaban J connectivity index is 1.63. The monoisotopic (exact) mass is 437 g/mol. The van der Waals surface area contributed by atoms with Crippen molar-refractivity contribution < 1.29 is 14.5 Å². The highest BCUT2D eigenvalue weighted by molar-refractivity contribution is 9.10. The number of aromatic nitrogens is 2. The summed E-state index contributed by atoms with van der Waals surface area (Å²) in [5.41, 5.74) is 2.31. The number of hydrogen-bond donors (Lipinski definition) is 1. The number of anilines is 1. The van der Waals surface area contributed by atoms with E-state index in [0.717, 1.165) is 38.4 Å². The second kappa shape index (κ2) is 8.59. The standard InChI is InChI=1S/C17H20BrN5O4/c1-12-16(18)17(23(25)26)20-22(12)11-15(24)19-14-4-2-3-13(9-14)10-21-5-7-27-8-6-21/h2-4,9H,5-8,10-11H2,1H3,(H,19,24). The smallest absolute Gasteiger partial charge is 0.379 e. The zero-order valence-corrected chi connectivity index (χ0v) is 16.4. The van der Waals surface area contributed by atoms with E-state index in [2.05, 4.69) is 31.2 Å². The fourth-order valence-corrected chi connectivity index (χ4v) is 3.31. The Bertz CT molecular complexity index is 848. The lowest BCUT2D eigenvalue weighted by Gasteiger charge is -2.26. The van der Waals surface area contributed by atoms with Crippen molar-refractivity contribution in [3.8, 4) is 0 Å². The summed E-state index contributed by atoms with van der Waals surface area (Å²) in [5, 5.41) is 17.7. The van der Waals surface area contributed by atoms with E-state index in [-0.39, 0.29) is 22.7 Å². The second-order valence-electron chi connectivity index (χ2n) is 6.27. The van der Waals surface area contributed by atoms with E-state index in [4.69, 9.17) is 4.74 Å². The zero-order valence-electron chi connectivity index (χ0n) is 14.9. The number of halogens is 1. The Morgan fingerprint density at radius 2 is 2.15 bits per heavy atom. The van der Waals surface area contributed by atoms with Gasteiger partial charge >= 0.3 is 5.82 Å². The average molecular weight is 438 g/mol. The van der Waals surface area contributed by atoms with Crippen molar-refractivity contribution in [2.45, 2.75) is 20.0 Å². The minimum atomic E-state index is -0.583. The van der Waals surface area contributed by atoms with Crippen LogP contribution in [0.3, 0.4) is 0 Å². The maximum atomic E-state index is 12.3. The largest absolute Gasteiger partial charge is 0.404 e. The maximum Gasteiger partial charge on any atom is 0.404 e. The molecule has 1 amide bonds. The second-order valence-corrected chi connectivity index (χ2v) is 7.07. The van der Waals surface area contributed by atoms with E-state index in [9.17, 15) is 14.9 Å². The van der Waals surface area contributed by atoms with Crippen LogP contribution in [0.15, 0.2) is 28.7 Å². The van der Waals surface area contributed by atoms with Crippen LogP contribution in [0, 0.1) is 17.0 Å². The molecule has 0 radical (unpaired) electrons. The van der Waals surface area contributed by atoms with Gasteiger partial charge in [0, 0.05) is 25.3 Å². The van der Waals surface area contributed by atoms with Crippen LogP contribution in [0.1, 0.15) is 11.3 Å². The highest BCUT2D eigenvalue weighted by Gasteiger charge is 2.24. The first kappa shape index (κ1) is 19.5. The van der Waals surface area contributed by atoms with Crippen molar-refractivity contribution in [2.75, 3.05) is 31.6 Å². The van der Waals surface area contributed by atoms with Crippen molar-refractivity contribution >= 4 is 33.3 Å². The number of ether oxygens (including phenoxy) is 1. The first-order valence-electron chi connectivity index (χ1n) is 8.50. The molecule has 1 fully saturated rings. The molecule has 3 rings (SSSR count). The number of hydrogen-bond acceptors (Lipinski definition) is 6. The number of benzene rings is 1. The van der Waals surface area contributed by atoms with Crippen LogP contribution in [0.25, 0.3) is 0 Å². The molecule has 2 aromatic rings. The summed E-state index contributed by atoms with van der Waals surface area (Å²) in [6.07, 6.45) is 0. The molecule has 1 aliphatic rings. The summed E-state index contributed by atoms with van der Waals surface area (Å²) in [7, 11) is 0. The molecule has 0 atom stereocenters. The molecular formula is C17H20BrN5O4. The maximum absolute atomic E-state index is 12.3. The Morgan fingerprint density at radius 3 is 2.81 bits per heavy atom. The van der Waals surface area contributed by atoms with Gasteiger partial charge in [-0.3, -0.25) is 9.69 Å². The van der Waals surface area contributed by atoms with Crippen LogP contribution in [0.2, 0.25) is 0 Å². The molecule has 1 aromatic carbocycles. The predicted octanol–water partition coefficient (Wildman–Crippen LogP) is 2.33. The summed E-state index contributed by atoms with van der Waals surface area (Å²) in [4.78, 5) is 25.0. The summed E-state index contributed by atoms with van der Waals surface area (Å²) >= 11 is 3.14. The Morgan fingerprint density at radius 1 is 1.41 bits per heavy atom.